The van der Waals surface area contributed by atoms with Crippen LogP contribution in [-0.2, 0) is 19.0 Å². The molecule has 0 spiro atoms. The normalized spacial score (nSPS) is 21.3. The van der Waals surface area contributed by atoms with Crippen LogP contribution in [0.4, 0.5) is 0 Å². The number of rotatable bonds is 5. The van der Waals surface area contributed by atoms with Crippen LogP contribution in [0.25, 0.3) is 11.6 Å². The lowest BCUT2D eigenvalue weighted by molar-refractivity contribution is -0.162. The van der Waals surface area contributed by atoms with E-state index in [2.05, 4.69) is 4.79 Å². The van der Waals surface area contributed by atoms with Crippen LogP contribution < -0.4 is 0 Å². The van der Waals surface area contributed by atoms with Crippen molar-refractivity contribution in [3.05, 3.63) is 47.5 Å². The summed E-state index contributed by atoms with van der Waals surface area (Å²) < 4.78 is 16.5. The number of carbonyl (C=O) groups excluding carboxylic acids is 1. The van der Waals surface area contributed by atoms with E-state index in [0.717, 1.165) is 5.56 Å². The molecule has 0 saturated carbocycles. The van der Waals surface area contributed by atoms with E-state index < -0.39 is 24.0 Å². The van der Waals surface area contributed by atoms with Crippen LogP contribution in [0.15, 0.2) is 36.4 Å². The zero-order chi connectivity index (χ0) is 16.0. The van der Waals surface area contributed by atoms with Crippen molar-refractivity contribution in [3.63, 3.8) is 0 Å². The van der Waals surface area contributed by atoms with Gasteiger partial charge in [0.1, 0.15) is 12.2 Å². The fraction of sp³-hybridized carbons (Fsp3) is 0.375. The Balaban J connectivity index is 2.12. The maximum atomic E-state index is 11.5. The maximum absolute atomic E-state index is 11.5. The van der Waals surface area contributed by atoms with Crippen molar-refractivity contribution in [2.45, 2.75) is 31.8 Å². The van der Waals surface area contributed by atoms with E-state index in [-0.39, 0.29) is 0 Å². The van der Waals surface area contributed by atoms with Crippen molar-refractivity contribution in [2.75, 3.05) is 6.61 Å². The third-order valence-electron chi connectivity index (χ3n) is 3.09. The summed E-state index contributed by atoms with van der Waals surface area (Å²) in [6.07, 6.45) is 3.19. The maximum Gasteiger partial charge on any atom is 0.414 e. The summed E-state index contributed by atoms with van der Waals surface area (Å²) in [5.74, 6) is -1.47. The molecular weight excluding hydrogens is 284 g/mol. The van der Waals surface area contributed by atoms with Crippen LogP contribution >= 0.6 is 0 Å². The zero-order valence-electron chi connectivity index (χ0n) is 12.5. The van der Waals surface area contributed by atoms with E-state index >= 15 is 0 Å². The van der Waals surface area contributed by atoms with Crippen molar-refractivity contribution in [2.24, 2.45) is 0 Å². The van der Waals surface area contributed by atoms with E-state index in [9.17, 15) is 4.79 Å². The fourth-order valence-corrected chi connectivity index (χ4v) is 2.10. The lowest BCUT2D eigenvalue weighted by Crippen LogP contribution is -2.33. The van der Waals surface area contributed by atoms with Gasteiger partial charge in [-0.1, -0.05) is 36.4 Å². The van der Waals surface area contributed by atoms with Crippen LogP contribution in [0.3, 0.4) is 0 Å². The molecule has 0 bridgehead atoms. The van der Waals surface area contributed by atoms with E-state index in [4.69, 9.17) is 19.7 Å². The SMILES string of the molecule is CC1(C)OC[C@H]([C@@H](/C=C/c2ccccc2)OC(=O)C=[N+]=[N-])O1. The van der Waals surface area contributed by atoms with Gasteiger partial charge in [-0.2, -0.15) is 4.79 Å². The molecule has 1 saturated heterocycles. The number of hydrogen-bond donors (Lipinski definition) is 0. The lowest BCUT2D eigenvalue weighted by Gasteiger charge is -2.21. The second kappa shape index (κ2) is 7.13. The summed E-state index contributed by atoms with van der Waals surface area (Å²) in [7, 11) is 0. The molecule has 0 aliphatic carbocycles. The van der Waals surface area contributed by atoms with Gasteiger partial charge in [0.05, 0.1) is 6.61 Å². The number of esters is 1. The number of nitrogens with zero attached hydrogens (tertiary/aromatic N) is 2. The molecule has 6 nitrogen and oxygen atoms in total. The molecule has 0 aromatic heterocycles. The zero-order valence-corrected chi connectivity index (χ0v) is 12.5. The Morgan fingerprint density at radius 3 is 2.77 bits per heavy atom. The summed E-state index contributed by atoms with van der Waals surface area (Å²) in [4.78, 5) is 14.2. The summed E-state index contributed by atoms with van der Waals surface area (Å²) in [5, 5.41) is 0. The predicted octanol–water partition coefficient (Wildman–Crippen LogP) is 2.06. The summed E-state index contributed by atoms with van der Waals surface area (Å²) in [6, 6.07) is 9.61. The highest BCUT2D eigenvalue weighted by atomic mass is 16.7. The molecule has 1 aromatic rings. The van der Waals surface area contributed by atoms with Crippen molar-refractivity contribution in [1.82, 2.24) is 0 Å². The summed E-state index contributed by atoms with van der Waals surface area (Å²) in [6.45, 7) is 3.89. The van der Waals surface area contributed by atoms with Crippen molar-refractivity contribution < 1.29 is 23.8 Å². The molecule has 0 N–H and O–H groups in total. The van der Waals surface area contributed by atoms with Crippen LogP contribution in [0.5, 0.6) is 0 Å². The van der Waals surface area contributed by atoms with Crippen molar-refractivity contribution in [1.29, 1.82) is 0 Å². The Kier molecular flexibility index (Phi) is 5.22. The Morgan fingerprint density at radius 2 is 2.18 bits per heavy atom. The minimum atomic E-state index is -0.751. The van der Waals surface area contributed by atoms with Gasteiger partial charge in [-0.3, -0.25) is 0 Å². The molecule has 1 aliphatic rings. The highest BCUT2D eigenvalue weighted by Crippen LogP contribution is 2.26. The van der Waals surface area contributed by atoms with Crippen molar-refractivity contribution in [3.8, 4) is 0 Å². The third kappa shape index (κ3) is 4.63. The molecule has 1 aromatic carbocycles. The van der Waals surface area contributed by atoms with Gasteiger partial charge in [0.15, 0.2) is 5.79 Å². The highest BCUT2D eigenvalue weighted by molar-refractivity contribution is 6.20. The van der Waals surface area contributed by atoms with Gasteiger partial charge >= 0.3 is 12.2 Å². The van der Waals surface area contributed by atoms with Crippen LogP contribution in [-0.4, -0.2) is 41.6 Å². The minimum absolute atomic E-state index is 0.306. The highest BCUT2D eigenvalue weighted by Gasteiger charge is 2.38. The molecule has 0 radical (unpaired) electrons. The van der Waals surface area contributed by atoms with E-state index in [0.29, 0.717) is 12.8 Å². The van der Waals surface area contributed by atoms with Crippen molar-refractivity contribution >= 4 is 18.3 Å². The average molecular weight is 302 g/mol. The van der Waals surface area contributed by atoms with Gasteiger partial charge in [0.2, 0.25) is 0 Å². The molecule has 1 fully saturated rings. The number of carbonyl (C=O) groups is 1. The summed E-state index contributed by atoms with van der Waals surface area (Å²) >= 11 is 0. The first kappa shape index (κ1) is 16.1. The summed E-state index contributed by atoms with van der Waals surface area (Å²) in [5.41, 5.74) is 9.37. The fourth-order valence-electron chi connectivity index (χ4n) is 2.10. The Hall–Kier alpha value is -2.27. The Morgan fingerprint density at radius 1 is 1.45 bits per heavy atom. The second-order valence-electron chi connectivity index (χ2n) is 5.28. The quantitative estimate of drug-likeness (QED) is 0.361. The van der Waals surface area contributed by atoms with Gasteiger partial charge in [-0.05, 0) is 25.5 Å². The van der Waals surface area contributed by atoms with E-state index in [1.807, 2.05) is 36.4 Å². The molecule has 22 heavy (non-hydrogen) atoms. The molecule has 2 atom stereocenters. The first-order valence-corrected chi connectivity index (χ1v) is 6.93. The Bertz CT molecular complexity index is 591. The molecule has 116 valence electrons. The topological polar surface area (TPSA) is 81.2 Å². The van der Waals surface area contributed by atoms with Gasteiger partial charge in [-0.25, -0.2) is 4.79 Å². The standard InChI is InChI=1S/C16H18N2O4/c1-16(2)20-11-14(22-16)13(21-15(19)10-18-17)9-8-12-6-4-3-5-7-12/h3-10,13-14H,11H2,1-2H3/b9-8+/t13-,14-/m1/s1. The molecule has 2 rings (SSSR count). The minimum Gasteiger partial charge on any atom is -0.447 e. The first-order valence-electron chi connectivity index (χ1n) is 6.93. The van der Waals surface area contributed by atoms with Gasteiger partial charge in [-0.15, -0.1) is 0 Å². The molecular formula is C16H18N2O4. The molecule has 6 heteroatoms. The molecule has 0 amide bonds. The average Bonchev–Trinajstić information content (AvgIpc) is 2.85. The van der Waals surface area contributed by atoms with E-state index in [1.54, 1.807) is 19.9 Å². The van der Waals surface area contributed by atoms with E-state index in [1.165, 1.54) is 0 Å². The van der Waals surface area contributed by atoms with Crippen LogP contribution in [0.1, 0.15) is 19.4 Å². The molecule has 1 heterocycles. The van der Waals surface area contributed by atoms with Crippen LogP contribution in [0, 0.1) is 0 Å². The van der Waals surface area contributed by atoms with Gasteiger partial charge < -0.3 is 19.7 Å². The third-order valence-corrected chi connectivity index (χ3v) is 3.09. The molecule has 1 aliphatic heterocycles. The monoisotopic (exact) mass is 302 g/mol. The second-order valence-corrected chi connectivity index (χ2v) is 5.28. The smallest absolute Gasteiger partial charge is 0.414 e. The van der Waals surface area contributed by atoms with Gasteiger partial charge in [0.25, 0.3) is 0 Å². The predicted molar refractivity (Wildman–Crippen MR) is 79.9 cm³/mol. The first-order chi connectivity index (χ1) is 10.5. The largest absolute Gasteiger partial charge is 0.447 e. The Labute approximate surface area is 128 Å². The number of benzene rings is 1. The van der Waals surface area contributed by atoms with Gasteiger partial charge in [0, 0.05) is 0 Å². The lowest BCUT2D eigenvalue weighted by atomic mass is 10.1. The van der Waals surface area contributed by atoms with Crippen LogP contribution in [0.2, 0.25) is 0 Å². The number of hydrogen-bond acceptors (Lipinski definition) is 4. The number of ether oxygens (including phenoxy) is 3. The molecule has 0 unspecified atom stereocenters.